The molecule has 2 saturated heterocycles. The van der Waals surface area contributed by atoms with Crippen LogP contribution in [0.4, 0.5) is 0 Å². The molecule has 2 fully saturated rings. The second-order valence-corrected chi connectivity index (χ2v) is 9.55. The molecule has 1 amide bonds. The Bertz CT molecular complexity index is 1110. The lowest BCUT2D eigenvalue weighted by Crippen LogP contribution is -2.51. The average molecular weight is 465 g/mol. The van der Waals surface area contributed by atoms with Gasteiger partial charge in [0.25, 0.3) is 0 Å². The second kappa shape index (κ2) is 9.80. The smallest absolute Gasteiger partial charge is 0.233 e. The number of amides is 1. The molecule has 5 rings (SSSR count). The van der Waals surface area contributed by atoms with Crippen molar-refractivity contribution < 1.29 is 14.3 Å². The summed E-state index contributed by atoms with van der Waals surface area (Å²) in [5.41, 5.74) is 1.74. The maximum atomic E-state index is 14.1. The van der Waals surface area contributed by atoms with Crippen molar-refractivity contribution in [1.29, 1.82) is 0 Å². The first-order chi connectivity index (χ1) is 16.2. The molecular formula is C27H29ClN2O3. The van der Waals surface area contributed by atoms with Crippen LogP contribution in [0.15, 0.2) is 60.9 Å². The molecule has 2 aliphatic heterocycles. The van der Waals surface area contributed by atoms with E-state index in [1.165, 1.54) is 10.9 Å². The minimum Gasteiger partial charge on any atom is -0.381 e. The quantitative estimate of drug-likeness (QED) is 0.563. The Kier molecular flexibility index (Phi) is 6.63. The fourth-order valence-corrected chi connectivity index (χ4v) is 5.41. The van der Waals surface area contributed by atoms with Crippen molar-refractivity contribution in [1.82, 2.24) is 9.88 Å². The zero-order valence-electron chi connectivity index (χ0n) is 18.7. The van der Waals surface area contributed by atoms with Crippen LogP contribution in [0.3, 0.4) is 0 Å². The minimum absolute atomic E-state index is 0.186. The number of benzene rings is 2. The van der Waals surface area contributed by atoms with Crippen molar-refractivity contribution in [2.24, 2.45) is 5.92 Å². The fraction of sp³-hybridized carbons (Fsp3) is 0.407. The highest BCUT2D eigenvalue weighted by atomic mass is 35.5. The Balaban J connectivity index is 1.40. The van der Waals surface area contributed by atoms with E-state index in [-0.39, 0.29) is 11.8 Å². The largest absolute Gasteiger partial charge is 0.381 e. The number of carbonyl (C=O) groups is 1. The van der Waals surface area contributed by atoms with Crippen molar-refractivity contribution in [2.45, 2.75) is 24.7 Å². The summed E-state index contributed by atoms with van der Waals surface area (Å²) in [5, 5.41) is 3.04. The number of fused-ring (bicyclic) bond motifs is 1. The summed E-state index contributed by atoms with van der Waals surface area (Å²) in [4.78, 5) is 20.4. The van der Waals surface area contributed by atoms with Crippen LogP contribution in [0.5, 0.6) is 0 Å². The zero-order chi connectivity index (χ0) is 22.7. The summed E-state index contributed by atoms with van der Waals surface area (Å²) < 4.78 is 11.6. The summed E-state index contributed by atoms with van der Waals surface area (Å²) in [5.74, 6) is 0.420. The normalized spacial score (nSPS) is 21.0. The van der Waals surface area contributed by atoms with Gasteiger partial charge in [-0.15, -0.1) is 0 Å². The molecule has 0 saturated carbocycles. The molecule has 5 nitrogen and oxygen atoms in total. The van der Waals surface area contributed by atoms with Gasteiger partial charge in [0.1, 0.15) is 0 Å². The van der Waals surface area contributed by atoms with Gasteiger partial charge in [-0.1, -0.05) is 41.9 Å². The molecular weight excluding hydrogens is 436 g/mol. The molecule has 2 aliphatic rings. The number of hydrogen-bond donors (Lipinski definition) is 0. The Morgan fingerprint density at radius 3 is 2.70 bits per heavy atom. The van der Waals surface area contributed by atoms with Gasteiger partial charge in [0.05, 0.1) is 18.6 Å². The van der Waals surface area contributed by atoms with Crippen LogP contribution in [-0.4, -0.2) is 55.3 Å². The van der Waals surface area contributed by atoms with Gasteiger partial charge in [-0.25, -0.2) is 0 Å². The fourth-order valence-electron chi connectivity index (χ4n) is 5.28. The Labute approximate surface area is 199 Å². The molecule has 0 radical (unpaired) electrons. The van der Waals surface area contributed by atoms with E-state index in [9.17, 15) is 4.79 Å². The number of halogens is 1. The number of pyridine rings is 1. The third-order valence-electron chi connectivity index (χ3n) is 7.06. The maximum absolute atomic E-state index is 14.1. The minimum atomic E-state index is -0.567. The van der Waals surface area contributed by atoms with E-state index in [0.717, 1.165) is 17.4 Å². The zero-order valence-corrected chi connectivity index (χ0v) is 19.5. The molecule has 0 bridgehead atoms. The summed E-state index contributed by atoms with van der Waals surface area (Å²) in [6.07, 6.45) is 5.98. The molecule has 3 aromatic rings. The highest BCUT2D eigenvalue weighted by molar-refractivity contribution is 6.30. The predicted octanol–water partition coefficient (Wildman–Crippen LogP) is 4.65. The number of aromatic nitrogens is 1. The summed E-state index contributed by atoms with van der Waals surface area (Å²) in [7, 11) is 0. The summed E-state index contributed by atoms with van der Waals surface area (Å²) >= 11 is 6.14. The number of hydrogen-bond acceptors (Lipinski definition) is 4. The molecule has 33 heavy (non-hydrogen) atoms. The van der Waals surface area contributed by atoms with Crippen LogP contribution in [0, 0.1) is 5.92 Å². The van der Waals surface area contributed by atoms with Crippen LogP contribution >= 0.6 is 11.6 Å². The standard InChI is InChI=1S/C27H29ClN2O3/c28-24-6-4-23(5-7-24)27(9-13-32-14-10-27)26(31)30-12-15-33-19-20(18-30)16-21-2-1-3-22-17-29-11-8-25(21)22/h1-8,11,17,20H,9-10,12-16,18-19H2. The van der Waals surface area contributed by atoms with Gasteiger partial charge in [-0.2, -0.15) is 0 Å². The van der Waals surface area contributed by atoms with Gasteiger partial charge in [0.2, 0.25) is 5.91 Å². The van der Waals surface area contributed by atoms with Crippen LogP contribution in [0.2, 0.25) is 5.02 Å². The number of carbonyl (C=O) groups excluding carboxylic acids is 1. The first-order valence-electron chi connectivity index (χ1n) is 11.7. The molecule has 0 N–H and O–H groups in total. The molecule has 0 aliphatic carbocycles. The van der Waals surface area contributed by atoms with Crippen LogP contribution in [0.25, 0.3) is 10.8 Å². The number of ether oxygens (including phenoxy) is 2. The van der Waals surface area contributed by atoms with Gasteiger partial charge in [-0.3, -0.25) is 9.78 Å². The highest BCUT2D eigenvalue weighted by Gasteiger charge is 2.44. The third kappa shape index (κ3) is 4.63. The van der Waals surface area contributed by atoms with Crippen LogP contribution < -0.4 is 0 Å². The van der Waals surface area contributed by atoms with Gasteiger partial charge in [0.15, 0.2) is 0 Å². The molecule has 3 heterocycles. The maximum Gasteiger partial charge on any atom is 0.233 e. The van der Waals surface area contributed by atoms with Crippen molar-refractivity contribution in [3.63, 3.8) is 0 Å². The van der Waals surface area contributed by atoms with Crippen LogP contribution in [0.1, 0.15) is 24.0 Å². The van der Waals surface area contributed by atoms with Gasteiger partial charge >= 0.3 is 0 Å². The first kappa shape index (κ1) is 22.3. The van der Waals surface area contributed by atoms with E-state index < -0.39 is 5.41 Å². The Hall–Kier alpha value is -2.47. The Morgan fingerprint density at radius 1 is 1.06 bits per heavy atom. The van der Waals surface area contributed by atoms with Crippen LogP contribution in [-0.2, 0) is 26.1 Å². The molecule has 1 unspecified atom stereocenters. The molecule has 1 aromatic heterocycles. The van der Waals surface area contributed by atoms with E-state index in [0.29, 0.717) is 57.4 Å². The van der Waals surface area contributed by atoms with E-state index in [1.807, 2.05) is 41.6 Å². The number of nitrogens with zero attached hydrogens (tertiary/aromatic N) is 2. The van der Waals surface area contributed by atoms with E-state index >= 15 is 0 Å². The number of rotatable bonds is 4. The topological polar surface area (TPSA) is 51.7 Å². The van der Waals surface area contributed by atoms with Gasteiger partial charge in [0, 0.05) is 55.0 Å². The average Bonchev–Trinajstić information content (AvgIpc) is 3.10. The van der Waals surface area contributed by atoms with Crippen molar-refractivity contribution in [2.75, 3.05) is 39.5 Å². The van der Waals surface area contributed by atoms with Crippen molar-refractivity contribution in [3.8, 4) is 0 Å². The van der Waals surface area contributed by atoms with Crippen molar-refractivity contribution >= 4 is 28.3 Å². The monoisotopic (exact) mass is 464 g/mol. The summed E-state index contributed by atoms with van der Waals surface area (Å²) in [6.45, 7) is 3.71. The van der Waals surface area contributed by atoms with E-state index in [4.69, 9.17) is 21.1 Å². The van der Waals surface area contributed by atoms with E-state index in [1.54, 1.807) is 0 Å². The first-order valence-corrected chi connectivity index (χ1v) is 12.1. The highest BCUT2D eigenvalue weighted by Crippen LogP contribution is 2.38. The molecule has 6 heteroatoms. The molecule has 172 valence electrons. The lowest BCUT2D eigenvalue weighted by molar-refractivity contribution is -0.141. The summed E-state index contributed by atoms with van der Waals surface area (Å²) in [6, 6.07) is 16.2. The van der Waals surface area contributed by atoms with Gasteiger partial charge in [-0.05, 0) is 54.0 Å². The molecule has 2 aromatic carbocycles. The lowest BCUT2D eigenvalue weighted by Gasteiger charge is -2.40. The molecule has 1 atom stereocenters. The SMILES string of the molecule is O=C(N1CCOCC(Cc2cccc3cnccc23)C1)C1(c2ccc(Cl)cc2)CCOCC1. The van der Waals surface area contributed by atoms with E-state index in [2.05, 4.69) is 29.2 Å². The Morgan fingerprint density at radius 2 is 1.88 bits per heavy atom. The molecule has 0 spiro atoms. The van der Waals surface area contributed by atoms with Crippen molar-refractivity contribution in [3.05, 3.63) is 77.1 Å². The van der Waals surface area contributed by atoms with Gasteiger partial charge < -0.3 is 14.4 Å². The lowest BCUT2D eigenvalue weighted by atomic mass is 9.73. The third-order valence-corrected chi connectivity index (χ3v) is 7.31. The predicted molar refractivity (Wildman–Crippen MR) is 130 cm³/mol. The second-order valence-electron chi connectivity index (χ2n) is 9.11.